The molecule has 0 atom stereocenters. The van der Waals surface area contributed by atoms with Gasteiger partial charge in [-0.15, -0.1) is 0 Å². The number of rotatable bonds is 7. The second-order valence-electron chi connectivity index (χ2n) is 4.40. The van der Waals surface area contributed by atoms with Crippen LogP contribution < -0.4 is 4.72 Å². The summed E-state index contributed by atoms with van der Waals surface area (Å²) in [5, 5.41) is 12.7. The van der Waals surface area contributed by atoms with Crippen LogP contribution in [0, 0.1) is 0 Å². The molecule has 1 aromatic carbocycles. The second kappa shape index (κ2) is 6.70. The standard InChI is InChI=1S/C13H17N3O4S/c1-20-10-11-3-2-4-12(7-11)15-21(18,19)13-8-14-16(9-13)5-6-17/h2-4,7-9,15,17H,5-6,10H2,1H3. The van der Waals surface area contributed by atoms with Gasteiger partial charge in [-0.3, -0.25) is 9.40 Å². The zero-order valence-electron chi connectivity index (χ0n) is 11.6. The van der Waals surface area contributed by atoms with Gasteiger partial charge in [0, 0.05) is 19.0 Å². The molecule has 0 amide bonds. The van der Waals surface area contributed by atoms with Gasteiger partial charge >= 0.3 is 0 Å². The van der Waals surface area contributed by atoms with Gasteiger partial charge in [0.05, 0.1) is 26.0 Å². The van der Waals surface area contributed by atoms with Crippen LogP contribution in [0.4, 0.5) is 5.69 Å². The fourth-order valence-corrected chi connectivity index (χ4v) is 2.81. The van der Waals surface area contributed by atoms with Crippen molar-refractivity contribution in [1.29, 1.82) is 0 Å². The third-order valence-corrected chi connectivity index (χ3v) is 4.08. The van der Waals surface area contributed by atoms with E-state index < -0.39 is 10.0 Å². The lowest BCUT2D eigenvalue weighted by Gasteiger charge is -2.08. The normalized spacial score (nSPS) is 11.5. The molecule has 0 saturated carbocycles. The topological polar surface area (TPSA) is 93.5 Å². The van der Waals surface area contributed by atoms with Crippen molar-refractivity contribution >= 4 is 15.7 Å². The van der Waals surface area contributed by atoms with Crippen molar-refractivity contribution in [2.75, 3.05) is 18.4 Å². The van der Waals surface area contributed by atoms with Crippen LogP contribution in [0.2, 0.25) is 0 Å². The van der Waals surface area contributed by atoms with Crippen LogP contribution in [0.5, 0.6) is 0 Å². The Labute approximate surface area is 123 Å². The van der Waals surface area contributed by atoms with Crippen molar-refractivity contribution in [3.05, 3.63) is 42.2 Å². The third kappa shape index (κ3) is 4.03. The van der Waals surface area contributed by atoms with Gasteiger partial charge in [0.1, 0.15) is 4.90 Å². The number of benzene rings is 1. The Kier molecular flexibility index (Phi) is 4.94. The number of aliphatic hydroxyl groups is 1. The van der Waals surface area contributed by atoms with E-state index in [0.29, 0.717) is 12.3 Å². The van der Waals surface area contributed by atoms with Crippen molar-refractivity contribution in [3.63, 3.8) is 0 Å². The van der Waals surface area contributed by atoms with Crippen LogP contribution in [-0.4, -0.2) is 37.0 Å². The summed E-state index contributed by atoms with van der Waals surface area (Å²) in [6, 6.07) is 6.97. The third-order valence-electron chi connectivity index (χ3n) is 2.74. The monoisotopic (exact) mass is 311 g/mol. The number of anilines is 1. The molecule has 2 rings (SSSR count). The lowest BCUT2D eigenvalue weighted by atomic mass is 10.2. The molecule has 0 radical (unpaired) electrons. The molecule has 0 fully saturated rings. The minimum atomic E-state index is -3.70. The lowest BCUT2D eigenvalue weighted by Crippen LogP contribution is -2.12. The van der Waals surface area contributed by atoms with E-state index in [1.165, 1.54) is 17.1 Å². The fourth-order valence-electron chi connectivity index (χ4n) is 1.81. The van der Waals surface area contributed by atoms with Gasteiger partial charge in [0.15, 0.2) is 0 Å². The zero-order valence-corrected chi connectivity index (χ0v) is 12.4. The molecule has 8 heteroatoms. The SMILES string of the molecule is COCc1cccc(NS(=O)(=O)c2cnn(CCO)c2)c1. The predicted octanol–water partition coefficient (Wildman–Crippen LogP) is 0.823. The molecule has 2 aromatic rings. The van der Waals surface area contributed by atoms with Crippen molar-refractivity contribution in [3.8, 4) is 0 Å². The first-order valence-electron chi connectivity index (χ1n) is 6.29. The highest BCUT2D eigenvalue weighted by atomic mass is 32.2. The number of aliphatic hydroxyl groups excluding tert-OH is 1. The highest BCUT2D eigenvalue weighted by molar-refractivity contribution is 7.92. The Balaban J connectivity index is 2.18. The quantitative estimate of drug-likeness (QED) is 0.789. The first kappa shape index (κ1) is 15.5. The average Bonchev–Trinajstić information content (AvgIpc) is 2.89. The molecule has 7 nitrogen and oxygen atoms in total. The van der Waals surface area contributed by atoms with E-state index >= 15 is 0 Å². The highest BCUT2D eigenvalue weighted by Gasteiger charge is 2.16. The minimum absolute atomic E-state index is 0.0492. The maximum atomic E-state index is 12.2. The number of nitrogens with zero attached hydrogens (tertiary/aromatic N) is 2. The summed E-state index contributed by atoms with van der Waals surface area (Å²) in [7, 11) is -2.12. The van der Waals surface area contributed by atoms with Crippen LogP contribution in [-0.2, 0) is 27.9 Å². The maximum absolute atomic E-state index is 12.2. The summed E-state index contributed by atoms with van der Waals surface area (Å²) in [6.45, 7) is 0.552. The van der Waals surface area contributed by atoms with E-state index in [2.05, 4.69) is 9.82 Å². The molecule has 0 unspecified atom stereocenters. The molecule has 0 aliphatic rings. The lowest BCUT2D eigenvalue weighted by molar-refractivity contribution is 0.185. The number of nitrogens with one attached hydrogen (secondary N) is 1. The van der Waals surface area contributed by atoms with E-state index in [0.717, 1.165) is 5.56 Å². The number of aromatic nitrogens is 2. The molecular weight excluding hydrogens is 294 g/mol. The van der Waals surface area contributed by atoms with Gasteiger partial charge in [-0.25, -0.2) is 8.42 Å². The Hall–Kier alpha value is -1.90. The fraction of sp³-hybridized carbons (Fsp3) is 0.308. The summed E-state index contributed by atoms with van der Waals surface area (Å²) in [4.78, 5) is 0.0492. The van der Waals surface area contributed by atoms with Crippen LogP contribution in [0.15, 0.2) is 41.6 Å². The summed E-state index contributed by atoms with van der Waals surface area (Å²) in [5.74, 6) is 0. The van der Waals surface area contributed by atoms with Crippen molar-refractivity contribution in [2.24, 2.45) is 0 Å². The van der Waals surface area contributed by atoms with Gasteiger partial charge in [0.2, 0.25) is 0 Å². The first-order valence-corrected chi connectivity index (χ1v) is 7.77. The average molecular weight is 311 g/mol. The second-order valence-corrected chi connectivity index (χ2v) is 6.08. The molecule has 0 bridgehead atoms. The number of hydrogen-bond donors (Lipinski definition) is 2. The van der Waals surface area contributed by atoms with Crippen LogP contribution >= 0.6 is 0 Å². The number of methoxy groups -OCH3 is 1. The molecular formula is C13H17N3O4S. The molecule has 2 N–H and O–H groups in total. The summed E-state index contributed by atoms with van der Waals surface area (Å²) < 4.78 is 33.3. The summed E-state index contributed by atoms with van der Waals surface area (Å²) in [6.07, 6.45) is 2.62. The predicted molar refractivity (Wildman–Crippen MR) is 77.3 cm³/mol. The van der Waals surface area contributed by atoms with Crippen molar-refractivity contribution in [1.82, 2.24) is 9.78 Å². The summed E-state index contributed by atoms with van der Waals surface area (Å²) in [5.41, 5.74) is 1.33. The van der Waals surface area contributed by atoms with Crippen molar-refractivity contribution < 1.29 is 18.3 Å². The van der Waals surface area contributed by atoms with Gasteiger partial charge in [0.25, 0.3) is 10.0 Å². The van der Waals surface area contributed by atoms with Gasteiger partial charge in [-0.2, -0.15) is 5.10 Å². The van der Waals surface area contributed by atoms with Crippen LogP contribution in [0.25, 0.3) is 0 Å². The largest absolute Gasteiger partial charge is 0.394 e. The molecule has 1 aromatic heterocycles. The molecule has 1 heterocycles. The van der Waals surface area contributed by atoms with Gasteiger partial charge < -0.3 is 9.84 Å². The van der Waals surface area contributed by atoms with E-state index in [9.17, 15) is 8.42 Å². The Morgan fingerprint density at radius 2 is 2.24 bits per heavy atom. The molecule has 0 aliphatic carbocycles. The zero-order chi connectivity index (χ0) is 15.3. The highest BCUT2D eigenvalue weighted by Crippen LogP contribution is 2.17. The van der Waals surface area contributed by atoms with E-state index in [1.54, 1.807) is 25.3 Å². The molecule has 114 valence electrons. The van der Waals surface area contributed by atoms with Crippen LogP contribution in [0.3, 0.4) is 0 Å². The maximum Gasteiger partial charge on any atom is 0.265 e. The first-order chi connectivity index (χ1) is 10.0. The molecule has 21 heavy (non-hydrogen) atoms. The Morgan fingerprint density at radius 1 is 1.43 bits per heavy atom. The van der Waals surface area contributed by atoms with Gasteiger partial charge in [-0.1, -0.05) is 12.1 Å². The van der Waals surface area contributed by atoms with E-state index in [1.807, 2.05) is 6.07 Å². The molecule has 0 aliphatic heterocycles. The molecule has 0 spiro atoms. The minimum Gasteiger partial charge on any atom is -0.394 e. The molecule has 0 saturated heterocycles. The summed E-state index contributed by atoms with van der Waals surface area (Å²) >= 11 is 0. The van der Waals surface area contributed by atoms with E-state index in [-0.39, 0.29) is 18.0 Å². The van der Waals surface area contributed by atoms with E-state index in [4.69, 9.17) is 9.84 Å². The van der Waals surface area contributed by atoms with Crippen LogP contribution in [0.1, 0.15) is 5.56 Å². The number of ether oxygens (including phenoxy) is 1. The number of hydrogen-bond acceptors (Lipinski definition) is 5. The van der Waals surface area contributed by atoms with Gasteiger partial charge in [-0.05, 0) is 17.7 Å². The smallest absolute Gasteiger partial charge is 0.265 e. The van der Waals surface area contributed by atoms with Crippen molar-refractivity contribution in [2.45, 2.75) is 18.0 Å². The Morgan fingerprint density at radius 3 is 2.95 bits per heavy atom. The number of sulfonamides is 1. The Bertz CT molecular complexity index is 697.